The third-order valence-corrected chi connectivity index (χ3v) is 2.68. The molecular weight excluding hydrogens is 228 g/mol. The van der Waals surface area contributed by atoms with Gasteiger partial charge in [-0.1, -0.05) is 0 Å². The predicted molar refractivity (Wildman–Crippen MR) is 78.3 cm³/mol. The highest BCUT2D eigenvalue weighted by Crippen LogP contribution is 2.37. The van der Waals surface area contributed by atoms with Crippen LogP contribution in [0.2, 0.25) is 0 Å². The van der Waals surface area contributed by atoms with Crippen LogP contribution in [0.5, 0.6) is 0 Å². The lowest BCUT2D eigenvalue weighted by atomic mass is 10.2. The van der Waals surface area contributed by atoms with Crippen LogP contribution in [0.1, 0.15) is 20.8 Å². The molecule has 0 spiro atoms. The Kier molecular flexibility index (Phi) is 5.69. The molecule has 0 fully saturated rings. The van der Waals surface area contributed by atoms with Crippen molar-refractivity contribution in [2.45, 2.75) is 20.8 Å². The third-order valence-electron chi connectivity index (χ3n) is 2.41. The van der Waals surface area contributed by atoms with Crippen molar-refractivity contribution in [1.29, 1.82) is 0 Å². The molecule has 1 aromatic carbocycles. The minimum atomic E-state index is 0.884. The molecule has 0 aliphatic rings. The second kappa shape index (κ2) is 7.06. The van der Waals surface area contributed by atoms with Gasteiger partial charge < -0.3 is 20.9 Å². The minimum Gasteiger partial charge on any atom is -0.411 e. The van der Waals surface area contributed by atoms with E-state index in [-0.39, 0.29) is 0 Å². The maximum absolute atomic E-state index is 3.40. The second-order valence-electron chi connectivity index (χ2n) is 3.63. The van der Waals surface area contributed by atoms with Crippen molar-refractivity contribution >= 4 is 33.2 Å². The van der Waals surface area contributed by atoms with E-state index in [1.165, 1.54) is 0 Å². The summed E-state index contributed by atoms with van der Waals surface area (Å²) < 4.78 is 0. The van der Waals surface area contributed by atoms with Crippen LogP contribution in [0.25, 0.3) is 0 Å². The Bertz CT molecular complexity index is 355. The fourth-order valence-corrected chi connectivity index (χ4v) is 1.97. The van der Waals surface area contributed by atoms with Crippen LogP contribution < -0.4 is 20.9 Å². The summed E-state index contributed by atoms with van der Waals surface area (Å²) in [4.78, 5) is 3.02. The van der Waals surface area contributed by atoms with Crippen LogP contribution in [0.15, 0.2) is 12.1 Å². The number of anilines is 4. The van der Waals surface area contributed by atoms with Crippen molar-refractivity contribution in [2.24, 2.45) is 0 Å². The maximum atomic E-state index is 3.40. The van der Waals surface area contributed by atoms with E-state index in [9.17, 15) is 0 Å². The molecule has 1 aromatic rings. The Balaban J connectivity index is 3.20. The van der Waals surface area contributed by atoms with Crippen molar-refractivity contribution in [3.8, 4) is 0 Å². The number of hydrogen-bond acceptors (Lipinski definition) is 4. The van der Waals surface area contributed by atoms with Crippen molar-refractivity contribution < 1.29 is 0 Å². The molecule has 0 aromatic heterocycles. The summed E-state index contributed by atoms with van der Waals surface area (Å²) in [6.07, 6.45) is 0. The van der Waals surface area contributed by atoms with Gasteiger partial charge in [-0.2, -0.15) is 0 Å². The molecule has 0 heterocycles. The fourth-order valence-electron chi connectivity index (χ4n) is 1.77. The zero-order valence-electron chi connectivity index (χ0n) is 10.8. The lowest BCUT2D eigenvalue weighted by Gasteiger charge is -2.20. The first kappa shape index (κ1) is 13.7. The maximum Gasteiger partial charge on any atom is 0.186 e. The molecule has 93 valence electrons. The molecule has 5 heteroatoms. The first-order chi connectivity index (χ1) is 8.28. The standard InChI is InChI=1S/C12H21N4Si/c1-4-13-9-7-8-10(16-17)12(15-6-3)11(9)14-5-2/h7-8,13-16H,4-6H2,1-3H3. The molecule has 0 unspecified atom stereocenters. The van der Waals surface area contributed by atoms with Crippen molar-refractivity contribution in [1.82, 2.24) is 0 Å². The highest BCUT2D eigenvalue weighted by molar-refractivity contribution is 6.18. The summed E-state index contributed by atoms with van der Waals surface area (Å²) in [5.41, 5.74) is 4.35. The average molecular weight is 249 g/mol. The van der Waals surface area contributed by atoms with Gasteiger partial charge in [0, 0.05) is 19.6 Å². The molecule has 4 N–H and O–H groups in total. The summed E-state index contributed by atoms with van der Waals surface area (Å²) >= 11 is 0. The van der Waals surface area contributed by atoms with Crippen molar-refractivity contribution in [3.63, 3.8) is 0 Å². The van der Waals surface area contributed by atoms with Crippen LogP contribution in [0.3, 0.4) is 0 Å². The van der Waals surface area contributed by atoms with E-state index in [0.29, 0.717) is 0 Å². The van der Waals surface area contributed by atoms with Gasteiger partial charge in [-0.05, 0) is 32.9 Å². The van der Waals surface area contributed by atoms with E-state index in [1.807, 2.05) is 6.07 Å². The fraction of sp³-hybridized carbons (Fsp3) is 0.500. The van der Waals surface area contributed by atoms with Gasteiger partial charge >= 0.3 is 0 Å². The zero-order chi connectivity index (χ0) is 12.7. The predicted octanol–water partition coefficient (Wildman–Crippen LogP) is 2.48. The average Bonchev–Trinajstić information content (AvgIpc) is 2.34. The normalized spacial score (nSPS) is 9.88. The number of hydrogen-bond donors (Lipinski definition) is 4. The summed E-state index contributed by atoms with van der Waals surface area (Å²) in [5, 5.41) is 10.2. The Morgan fingerprint density at radius 3 is 1.76 bits per heavy atom. The quantitative estimate of drug-likeness (QED) is 0.561. The molecule has 0 saturated carbocycles. The van der Waals surface area contributed by atoms with Crippen LogP contribution in [0.4, 0.5) is 22.7 Å². The minimum absolute atomic E-state index is 0.884. The van der Waals surface area contributed by atoms with Gasteiger partial charge in [0.05, 0.1) is 22.7 Å². The van der Waals surface area contributed by atoms with Gasteiger partial charge in [0.2, 0.25) is 0 Å². The number of rotatable bonds is 7. The monoisotopic (exact) mass is 249 g/mol. The Labute approximate surface area is 107 Å². The Morgan fingerprint density at radius 2 is 1.29 bits per heavy atom. The van der Waals surface area contributed by atoms with Crippen molar-refractivity contribution in [3.05, 3.63) is 12.1 Å². The van der Waals surface area contributed by atoms with E-state index < -0.39 is 0 Å². The molecule has 17 heavy (non-hydrogen) atoms. The highest BCUT2D eigenvalue weighted by Gasteiger charge is 2.11. The lowest BCUT2D eigenvalue weighted by molar-refractivity contribution is 1.16. The van der Waals surface area contributed by atoms with Crippen LogP contribution in [-0.2, 0) is 0 Å². The number of nitrogens with one attached hydrogen (secondary N) is 4. The topological polar surface area (TPSA) is 48.1 Å². The summed E-state index contributed by atoms with van der Waals surface area (Å²) in [6, 6.07) is 4.12. The lowest BCUT2D eigenvalue weighted by Crippen LogP contribution is -2.10. The van der Waals surface area contributed by atoms with Crippen molar-refractivity contribution in [2.75, 3.05) is 40.6 Å². The summed E-state index contributed by atoms with van der Waals surface area (Å²) in [7, 11) is 3.34. The third kappa shape index (κ3) is 3.29. The van der Waals surface area contributed by atoms with Gasteiger partial charge in [-0.3, -0.25) is 0 Å². The Morgan fingerprint density at radius 1 is 0.824 bits per heavy atom. The largest absolute Gasteiger partial charge is 0.411 e. The van der Waals surface area contributed by atoms with E-state index in [0.717, 1.165) is 42.4 Å². The smallest absolute Gasteiger partial charge is 0.186 e. The molecule has 1 rings (SSSR count). The summed E-state index contributed by atoms with van der Waals surface area (Å²) in [5.74, 6) is 0. The first-order valence-electron chi connectivity index (χ1n) is 6.09. The SMILES string of the molecule is CCNc1ccc(N[Si])c(NCC)c1NCC. The number of benzene rings is 1. The van der Waals surface area contributed by atoms with E-state index in [1.54, 1.807) is 0 Å². The van der Waals surface area contributed by atoms with Gasteiger partial charge in [0.1, 0.15) is 0 Å². The van der Waals surface area contributed by atoms with Crippen LogP contribution >= 0.6 is 0 Å². The van der Waals surface area contributed by atoms with Gasteiger partial charge in [-0.25, -0.2) is 0 Å². The zero-order valence-corrected chi connectivity index (χ0v) is 11.8. The highest BCUT2D eigenvalue weighted by atomic mass is 28.2. The molecule has 0 atom stereocenters. The van der Waals surface area contributed by atoms with Gasteiger partial charge in [-0.15, -0.1) is 0 Å². The van der Waals surface area contributed by atoms with Crippen LogP contribution in [-0.4, -0.2) is 30.0 Å². The first-order valence-corrected chi connectivity index (χ1v) is 6.59. The van der Waals surface area contributed by atoms with E-state index >= 15 is 0 Å². The second-order valence-corrected chi connectivity index (χ2v) is 3.88. The molecule has 3 radical (unpaired) electrons. The molecule has 0 saturated heterocycles. The molecule has 0 amide bonds. The van der Waals surface area contributed by atoms with E-state index in [4.69, 9.17) is 0 Å². The molecule has 4 nitrogen and oxygen atoms in total. The molecular formula is C12H21N4Si. The van der Waals surface area contributed by atoms with Crippen LogP contribution in [0, 0.1) is 0 Å². The Hall–Kier alpha value is -1.36. The van der Waals surface area contributed by atoms with E-state index in [2.05, 4.69) is 58.2 Å². The van der Waals surface area contributed by atoms with Gasteiger partial charge in [0.25, 0.3) is 0 Å². The van der Waals surface area contributed by atoms with Gasteiger partial charge in [0.15, 0.2) is 10.4 Å². The summed E-state index contributed by atoms with van der Waals surface area (Å²) in [6.45, 7) is 8.97. The molecule has 0 aliphatic heterocycles. The molecule has 0 bridgehead atoms. The molecule has 0 aliphatic carbocycles.